The minimum atomic E-state index is -0.558. The van der Waals surface area contributed by atoms with Crippen LogP contribution in [0.25, 0.3) is 0 Å². The third kappa shape index (κ3) is 5.23. The Balaban J connectivity index is 1.92. The Labute approximate surface area is 170 Å². The van der Waals surface area contributed by atoms with Crippen molar-refractivity contribution in [3.05, 3.63) is 101 Å². The van der Waals surface area contributed by atoms with Crippen molar-refractivity contribution in [1.82, 2.24) is 4.90 Å². The van der Waals surface area contributed by atoms with Gasteiger partial charge in [-0.1, -0.05) is 48.0 Å². The SMILES string of the molecule is COc1cccc(CN(Cc2ccc(C)cc2)C(=O)c2cccc(C(N)=O)c2)c1. The molecule has 0 heterocycles. The van der Waals surface area contributed by atoms with Crippen LogP contribution in [0.15, 0.2) is 72.8 Å². The van der Waals surface area contributed by atoms with Crippen LogP contribution in [0.5, 0.6) is 5.75 Å². The van der Waals surface area contributed by atoms with Crippen LogP contribution in [0.3, 0.4) is 0 Å². The largest absolute Gasteiger partial charge is 0.497 e. The van der Waals surface area contributed by atoms with Gasteiger partial charge in [0.05, 0.1) is 7.11 Å². The van der Waals surface area contributed by atoms with Crippen LogP contribution in [0.2, 0.25) is 0 Å². The van der Waals surface area contributed by atoms with E-state index in [0.29, 0.717) is 24.2 Å². The van der Waals surface area contributed by atoms with E-state index in [4.69, 9.17) is 10.5 Å². The number of amides is 2. The Kier molecular flexibility index (Phi) is 6.29. The summed E-state index contributed by atoms with van der Waals surface area (Å²) in [5.74, 6) is 0.00925. The maximum absolute atomic E-state index is 13.3. The summed E-state index contributed by atoms with van der Waals surface area (Å²) in [5.41, 5.74) is 9.26. The van der Waals surface area contributed by atoms with E-state index >= 15 is 0 Å². The molecule has 0 spiro atoms. The van der Waals surface area contributed by atoms with E-state index in [1.807, 2.05) is 55.5 Å². The van der Waals surface area contributed by atoms with Crippen molar-refractivity contribution in [2.75, 3.05) is 7.11 Å². The number of aryl methyl sites for hydroxylation is 1. The fraction of sp³-hybridized carbons (Fsp3) is 0.167. The lowest BCUT2D eigenvalue weighted by Crippen LogP contribution is -2.30. The van der Waals surface area contributed by atoms with Gasteiger partial charge in [0, 0.05) is 24.2 Å². The molecule has 2 amide bonds. The highest BCUT2D eigenvalue weighted by Crippen LogP contribution is 2.19. The second-order valence-electron chi connectivity index (χ2n) is 6.94. The normalized spacial score (nSPS) is 10.4. The van der Waals surface area contributed by atoms with Gasteiger partial charge in [-0.25, -0.2) is 0 Å². The standard InChI is InChI=1S/C24H24N2O3/c1-17-9-11-18(12-10-17)15-26(16-19-5-3-8-22(13-19)29-2)24(28)21-7-4-6-20(14-21)23(25)27/h3-14H,15-16H2,1-2H3,(H2,25,27). The number of nitrogens with zero attached hydrogens (tertiary/aromatic N) is 1. The highest BCUT2D eigenvalue weighted by Gasteiger charge is 2.18. The lowest BCUT2D eigenvalue weighted by Gasteiger charge is -2.24. The minimum absolute atomic E-state index is 0.170. The number of carbonyl (C=O) groups excluding carboxylic acids is 2. The Bertz CT molecular complexity index is 1010. The molecule has 0 aliphatic carbocycles. The van der Waals surface area contributed by atoms with Crippen molar-refractivity contribution in [1.29, 1.82) is 0 Å². The zero-order valence-electron chi connectivity index (χ0n) is 16.6. The van der Waals surface area contributed by atoms with Crippen molar-refractivity contribution < 1.29 is 14.3 Å². The molecule has 3 rings (SSSR count). The van der Waals surface area contributed by atoms with E-state index in [2.05, 4.69) is 0 Å². The number of primary amides is 1. The number of hydrogen-bond donors (Lipinski definition) is 1. The van der Waals surface area contributed by atoms with Gasteiger partial charge in [-0.2, -0.15) is 0 Å². The molecule has 0 bridgehead atoms. The molecule has 0 aliphatic heterocycles. The molecule has 0 aromatic heterocycles. The summed E-state index contributed by atoms with van der Waals surface area (Å²) in [4.78, 5) is 26.6. The van der Waals surface area contributed by atoms with Crippen molar-refractivity contribution in [2.45, 2.75) is 20.0 Å². The molecule has 0 fully saturated rings. The van der Waals surface area contributed by atoms with Gasteiger partial charge in [0.25, 0.3) is 5.91 Å². The quantitative estimate of drug-likeness (QED) is 0.666. The molecule has 0 radical (unpaired) electrons. The summed E-state index contributed by atoms with van der Waals surface area (Å²) in [5, 5.41) is 0. The molecule has 0 unspecified atom stereocenters. The van der Waals surface area contributed by atoms with E-state index in [1.165, 1.54) is 0 Å². The molecule has 3 aromatic rings. The van der Waals surface area contributed by atoms with Crippen LogP contribution in [0.1, 0.15) is 37.4 Å². The molecular formula is C24H24N2O3. The highest BCUT2D eigenvalue weighted by atomic mass is 16.5. The Morgan fingerprint density at radius 3 is 2.21 bits per heavy atom. The third-order valence-corrected chi connectivity index (χ3v) is 4.68. The molecule has 0 aliphatic rings. The number of nitrogens with two attached hydrogens (primary N) is 1. The van der Waals surface area contributed by atoms with Crippen LogP contribution in [-0.2, 0) is 13.1 Å². The molecule has 0 atom stereocenters. The first-order valence-electron chi connectivity index (χ1n) is 9.34. The van der Waals surface area contributed by atoms with Crippen LogP contribution >= 0.6 is 0 Å². The van der Waals surface area contributed by atoms with Gasteiger partial charge in [0.2, 0.25) is 5.91 Å². The first-order chi connectivity index (χ1) is 14.0. The molecule has 29 heavy (non-hydrogen) atoms. The molecular weight excluding hydrogens is 364 g/mol. The van der Waals surface area contributed by atoms with E-state index in [1.54, 1.807) is 36.3 Å². The predicted octanol–water partition coefficient (Wildman–Crippen LogP) is 3.95. The van der Waals surface area contributed by atoms with Gasteiger partial charge in [0.15, 0.2) is 0 Å². The topological polar surface area (TPSA) is 72.6 Å². The lowest BCUT2D eigenvalue weighted by molar-refractivity contribution is 0.0730. The Morgan fingerprint density at radius 1 is 0.862 bits per heavy atom. The number of hydrogen-bond acceptors (Lipinski definition) is 3. The summed E-state index contributed by atoms with van der Waals surface area (Å²) in [7, 11) is 1.61. The zero-order valence-corrected chi connectivity index (χ0v) is 16.6. The van der Waals surface area contributed by atoms with E-state index in [9.17, 15) is 9.59 Å². The van der Waals surface area contributed by atoms with Crippen LogP contribution in [-0.4, -0.2) is 23.8 Å². The fourth-order valence-corrected chi connectivity index (χ4v) is 3.09. The minimum Gasteiger partial charge on any atom is -0.497 e. The molecule has 5 heteroatoms. The van der Waals surface area contributed by atoms with Crippen molar-refractivity contribution in [3.63, 3.8) is 0 Å². The maximum atomic E-state index is 13.3. The number of methoxy groups -OCH3 is 1. The van der Waals surface area contributed by atoms with Gasteiger partial charge in [-0.15, -0.1) is 0 Å². The van der Waals surface area contributed by atoms with Gasteiger partial charge < -0.3 is 15.4 Å². The first-order valence-corrected chi connectivity index (χ1v) is 9.34. The maximum Gasteiger partial charge on any atom is 0.254 e. The molecule has 0 saturated heterocycles. The molecule has 5 nitrogen and oxygen atoms in total. The second kappa shape index (κ2) is 9.06. The average Bonchev–Trinajstić information content (AvgIpc) is 2.74. The number of carbonyl (C=O) groups is 2. The second-order valence-corrected chi connectivity index (χ2v) is 6.94. The molecule has 0 saturated carbocycles. The molecule has 148 valence electrons. The van der Waals surface area contributed by atoms with Crippen LogP contribution in [0.4, 0.5) is 0 Å². The average molecular weight is 388 g/mol. The van der Waals surface area contributed by atoms with E-state index in [-0.39, 0.29) is 5.91 Å². The summed E-state index contributed by atoms with van der Waals surface area (Å²) in [6.45, 7) is 2.88. The Hall–Kier alpha value is -3.60. The Morgan fingerprint density at radius 2 is 1.52 bits per heavy atom. The van der Waals surface area contributed by atoms with Crippen molar-refractivity contribution >= 4 is 11.8 Å². The summed E-state index contributed by atoms with van der Waals surface area (Å²) in [6.07, 6.45) is 0. The van der Waals surface area contributed by atoms with E-state index < -0.39 is 5.91 Å². The van der Waals surface area contributed by atoms with Crippen molar-refractivity contribution in [2.24, 2.45) is 5.73 Å². The van der Waals surface area contributed by atoms with E-state index in [0.717, 1.165) is 22.4 Å². The smallest absolute Gasteiger partial charge is 0.254 e. The number of benzene rings is 3. The third-order valence-electron chi connectivity index (χ3n) is 4.68. The summed E-state index contributed by atoms with van der Waals surface area (Å²) in [6, 6.07) is 22.2. The predicted molar refractivity (Wildman–Crippen MR) is 113 cm³/mol. The zero-order chi connectivity index (χ0) is 20.8. The fourth-order valence-electron chi connectivity index (χ4n) is 3.09. The van der Waals surface area contributed by atoms with Gasteiger partial charge in [0.1, 0.15) is 5.75 Å². The molecule has 2 N–H and O–H groups in total. The summed E-state index contributed by atoms with van der Waals surface area (Å²) < 4.78 is 5.30. The first kappa shape index (κ1) is 20.1. The van der Waals surface area contributed by atoms with Gasteiger partial charge in [-0.05, 0) is 48.4 Å². The highest BCUT2D eigenvalue weighted by molar-refractivity contribution is 5.99. The van der Waals surface area contributed by atoms with Crippen LogP contribution in [0, 0.1) is 6.92 Å². The number of ether oxygens (including phenoxy) is 1. The lowest BCUT2D eigenvalue weighted by atomic mass is 10.1. The van der Waals surface area contributed by atoms with Gasteiger partial charge >= 0.3 is 0 Å². The van der Waals surface area contributed by atoms with Crippen molar-refractivity contribution in [3.8, 4) is 5.75 Å². The number of rotatable bonds is 7. The summed E-state index contributed by atoms with van der Waals surface area (Å²) >= 11 is 0. The van der Waals surface area contributed by atoms with Crippen LogP contribution < -0.4 is 10.5 Å². The molecule has 3 aromatic carbocycles. The monoisotopic (exact) mass is 388 g/mol. The van der Waals surface area contributed by atoms with Gasteiger partial charge in [-0.3, -0.25) is 9.59 Å².